The molecule has 3 aromatic rings. The number of carbonyl (C=O) groups is 1. The predicted octanol–water partition coefficient (Wildman–Crippen LogP) is 4.29. The lowest BCUT2D eigenvalue weighted by atomic mass is 10.0. The van der Waals surface area contributed by atoms with E-state index in [1.165, 1.54) is 19.2 Å². The van der Waals surface area contributed by atoms with E-state index >= 15 is 0 Å². The quantitative estimate of drug-likeness (QED) is 0.477. The summed E-state index contributed by atoms with van der Waals surface area (Å²) >= 11 is 0. The smallest absolute Gasteiger partial charge is 0.416 e. The van der Waals surface area contributed by atoms with Crippen molar-refractivity contribution in [2.75, 3.05) is 20.3 Å². The van der Waals surface area contributed by atoms with Crippen LogP contribution in [0.15, 0.2) is 47.0 Å². The molecular weight excluding hydrogens is 415 g/mol. The maximum Gasteiger partial charge on any atom is 0.416 e. The van der Waals surface area contributed by atoms with Gasteiger partial charge >= 0.3 is 12.1 Å². The molecule has 0 amide bonds. The lowest BCUT2D eigenvalue weighted by Crippen LogP contribution is -2.27. The van der Waals surface area contributed by atoms with Crippen molar-refractivity contribution in [1.29, 1.82) is 0 Å². The van der Waals surface area contributed by atoms with Gasteiger partial charge in [-0.05, 0) is 48.2 Å². The second-order valence-corrected chi connectivity index (χ2v) is 7.05. The normalized spacial score (nSPS) is 12.9. The fraction of sp³-hybridized carbons (Fsp3) is 0.364. The van der Waals surface area contributed by atoms with Gasteiger partial charge in [0.15, 0.2) is 11.7 Å². The van der Waals surface area contributed by atoms with Gasteiger partial charge in [0.25, 0.3) is 0 Å². The molecule has 9 heteroatoms. The molecule has 2 aromatic carbocycles. The van der Waals surface area contributed by atoms with Crippen molar-refractivity contribution in [1.82, 2.24) is 5.16 Å². The molecule has 1 atom stereocenters. The van der Waals surface area contributed by atoms with E-state index in [0.29, 0.717) is 30.7 Å². The highest BCUT2D eigenvalue weighted by atomic mass is 19.4. The van der Waals surface area contributed by atoms with Crippen molar-refractivity contribution < 1.29 is 37.1 Å². The largest absolute Gasteiger partial charge is 0.479 e. The monoisotopic (exact) mass is 437 g/mol. The maximum atomic E-state index is 12.7. The number of hydrogen-bond acceptors (Lipinski definition) is 5. The van der Waals surface area contributed by atoms with Gasteiger partial charge in [0, 0.05) is 18.9 Å². The van der Waals surface area contributed by atoms with Crippen molar-refractivity contribution >= 4 is 16.9 Å². The fourth-order valence-electron chi connectivity index (χ4n) is 3.17. The number of hydrogen-bond donors (Lipinski definition) is 1. The van der Waals surface area contributed by atoms with E-state index in [1.54, 1.807) is 18.2 Å². The van der Waals surface area contributed by atoms with Gasteiger partial charge in [-0.1, -0.05) is 23.4 Å². The predicted molar refractivity (Wildman–Crippen MR) is 106 cm³/mol. The molecule has 0 radical (unpaired) electrons. The van der Waals surface area contributed by atoms with Crippen LogP contribution in [-0.2, 0) is 39.7 Å². The van der Waals surface area contributed by atoms with Crippen LogP contribution in [0.5, 0.6) is 0 Å². The molecule has 0 saturated carbocycles. The molecule has 1 unspecified atom stereocenters. The minimum Gasteiger partial charge on any atom is -0.479 e. The summed E-state index contributed by atoms with van der Waals surface area (Å²) in [5.41, 5.74) is 2.01. The van der Waals surface area contributed by atoms with Crippen LogP contribution in [0.25, 0.3) is 11.0 Å². The highest BCUT2D eigenvalue weighted by molar-refractivity contribution is 5.80. The van der Waals surface area contributed by atoms with Gasteiger partial charge in [-0.15, -0.1) is 0 Å². The second kappa shape index (κ2) is 9.93. The molecule has 1 heterocycles. The fourth-order valence-corrected chi connectivity index (χ4v) is 3.17. The molecule has 1 aromatic heterocycles. The van der Waals surface area contributed by atoms with E-state index in [9.17, 15) is 23.1 Å². The zero-order valence-electron chi connectivity index (χ0n) is 16.8. The molecule has 166 valence electrons. The van der Waals surface area contributed by atoms with E-state index < -0.39 is 23.8 Å². The third-order valence-electron chi connectivity index (χ3n) is 4.85. The Kier molecular flexibility index (Phi) is 7.29. The maximum absolute atomic E-state index is 12.7. The summed E-state index contributed by atoms with van der Waals surface area (Å²) in [4.78, 5) is 11.4. The molecule has 0 bridgehead atoms. The Balaban J connectivity index is 1.65. The lowest BCUT2D eigenvalue weighted by molar-refractivity contribution is -0.151. The Morgan fingerprint density at radius 1 is 1.10 bits per heavy atom. The van der Waals surface area contributed by atoms with Gasteiger partial charge in [0.05, 0.1) is 24.5 Å². The van der Waals surface area contributed by atoms with Gasteiger partial charge in [-0.3, -0.25) is 0 Å². The van der Waals surface area contributed by atoms with Gasteiger partial charge in [-0.25, -0.2) is 4.79 Å². The number of aromatic nitrogens is 1. The van der Waals surface area contributed by atoms with Gasteiger partial charge in [0.1, 0.15) is 0 Å². The van der Waals surface area contributed by atoms with Crippen LogP contribution in [0, 0.1) is 0 Å². The van der Waals surface area contributed by atoms with E-state index in [0.717, 1.165) is 28.6 Å². The number of carboxylic acid groups (broad SMARTS) is 1. The first-order chi connectivity index (χ1) is 14.8. The van der Waals surface area contributed by atoms with Crippen LogP contribution in [0.4, 0.5) is 13.2 Å². The molecule has 0 saturated heterocycles. The van der Waals surface area contributed by atoms with Crippen molar-refractivity contribution in [2.24, 2.45) is 0 Å². The van der Waals surface area contributed by atoms with Crippen LogP contribution in [0.3, 0.4) is 0 Å². The highest BCUT2D eigenvalue weighted by Crippen LogP contribution is 2.29. The number of rotatable bonds is 10. The Hall–Kier alpha value is -2.91. The SMILES string of the molecule is COCCOC(Cc1ccc2c(CCc3ccc(C(F)(F)F)cc3)noc2c1)C(=O)O. The number of aliphatic carboxylic acids is 1. The molecule has 31 heavy (non-hydrogen) atoms. The molecule has 1 N–H and O–H groups in total. The molecule has 6 nitrogen and oxygen atoms in total. The minimum absolute atomic E-state index is 0.163. The number of carboxylic acids is 1. The van der Waals surface area contributed by atoms with E-state index in [4.69, 9.17) is 14.0 Å². The Bertz CT molecular complexity index is 1010. The molecule has 0 aliphatic heterocycles. The van der Waals surface area contributed by atoms with Crippen LogP contribution in [0.1, 0.15) is 22.4 Å². The average molecular weight is 437 g/mol. The van der Waals surface area contributed by atoms with Crippen molar-refractivity contribution in [3.8, 4) is 0 Å². The Morgan fingerprint density at radius 2 is 1.81 bits per heavy atom. The zero-order chi connectivity index (χ0) is 22.4. The first-order valence-electron chi connectivity index (χ1n) is 9.64. The van der Waals surface area contributed by atoms with Crippen molar-refractivity contribution in [3.05, 3.63) is 64.8 Å². The van der Waals surface area contributed by atoms with Crippen molar-refractivity contribution in [3.63, 3.8) is 0 Å². The number of methoxy groups -OCH3 is 1. The summed E-state index contributed by atoms with van der Waals surface area (Å²) < 4.78 is 53.6. The molecule has 3 rings (SSSR count). The van der Waals surface area contributed by atoms with Crippen molar-refractivity contribution in [2.45, 2.75) is 31.5 Å². The molecule has 0 fully saturated rings. The van der Waals surface area contributed by atoms with Crippen LogP contribution in [0.2, 0.25) is 0 Å². The number of ether oxygens (including phenoxy) is 2. The van der Waals surface area contributed by atoms with Crippen LogP contribution in [-0.4, -0.2) is 42.7 Å². The van der Waals surface area contributed by atoms with Crippen LogP contribution >= 0.6 is 0 Å². The van der Waals surface area contributed by atoms with E-state index in [1.807, 2.05) is 0 Å². The number of fused-ring (bicyclic) bond motifs is 1. The zero-order valence-corrected chi connectivity index (χ0v) is 16.8. The van der Waals surface area contributed by atoms with E-state index in [-0.39, 0.29) is 13.0 Å². The number of aryl methyl sites for hydroxylation is 2. The van der Waals surface area contributed by atoms with Gasteiger partial charge in [0.2, 0.25) is 0 Å². The summed E-state index contributed by atoms with van der Waals surface area (Å²) in [6.45, 7) is 0.472. The van der Waals surface area contributed by atoms with Crippen LogP contribution < -0.4 is 0 Å². The third-order valence-corrected chi connectivity index (χ3v) is 4.85. The third kappa shape index (κ3) is 6.05. The molecule has 0 aliphatic rings. The van der Waals surface area contributed by atoms with E-state index in [2.05, 4.69) is 5.16 Å². The Labute approximate surface area is 176 Å². The summed E-state index contributed by atoms with van der Waals surface area (Å²) in [6.07, 6.45) is -4.19. The summed E-state index contributed by atoms with van der Waals surface area (Å²) in [6, 6.07) is 10.4. The number of benzene rings is 2. The molecule has 0 spiro atoms. The highest BCUT2D eigenvalue weighted by Gasteiger charge is 2.29. The average Bonchev–Trinajstić information content (AvgIpc) is 3.13. The molecular formula is C22H22F3NO5. The molecule has 0 aliphatic carbocycles. The summed E-state index contributed by atoms with van der Waals surface area (Å²) in [7, 11) is 1.51. The summed E-state index contributed by atoms with van der Waals surface area (Å²) in [5, 5.41) is 14.2. The topological polar surface area (TPSA) is 81.8 Å². The Morgan fingerprint density at radius 3 is 2.45 bits per heavy atom. The minimum atomic E-state index is -4.35. The van der Waals surface area contributed by atoms with Gasteiger partial charge in [-0.2, -0.15) is 13.2 Å². The second-order valence-electron chi connectivity index (χ2n) is 7.05. The first kappa shape index (κ1) is 22.8. The van der Waals surface area contributed by atoms with Gasteiger partial charge < -0.3 is 19.1 Å². The summed E-state index contributed by atoms with van der Waals surface area (Å²) in [5.74, 6) is -1.06. The lowest BCUT2D eigenvalue weighted by Gasteiger charge is -2.13. The number of alkyl halides is 3. The standard InChI is InChI=1S/C22H22F3NO5/c1-29-10-11-30-20(21(27)28)13-15-4-8-17-18(26-31-19(17)12-15)9-5-14-2-6-16(7-3-14)22(23,24)25/h2-4,6-8,12,20H,5,9-11,13H2,1H3,(H,27,28). The first-order valence-corrected chi connectivity index (χ1v) is 9.64. The number of halogens is 3. The number of nitrogens with zero attached hydrogens (tertiary/aromatic N) is 1.